The van der Waals surface area contributed by atoms with Gasteiger partial charge in [-0.15, -0.1) is 0 Å². The summed E-state index contributed by atoms with van der Waals surface area (Å²) in [6, 6.07) is 0. The minimum Gasteiger partial charge on any atom is -0.393 e. The molecular formula is C27H44O3. The summed E-state index contributed by atoms with van der Waals surface area (Å²) in [5.41, 5.74) is 0.899. The second-order valence-corrected chi connectivity index (χ2v) is 13.1. The third-order valence-electron chi connectivity index (χ3n) is 11.9. The minimum absolute atomic E-state index is 0.0389. The Labute approximate surface area is 183 Å². The van der Waals surface area contributed by atoms with Gasteiger partial charge in [0.15, 0.2) is 5.79 Å². The van der Waals surface area contributed by atoms with Crippen molar-refractivity contribution in [3.8, 4) is 0 Å². The van der Waals surface area contributed by atoms with Gasteiger partial charge in [0.05, 0.1) is 18.8 Å². The molecule has 0 aromatic heterocycles. The molecule has 0 aromatic carbocycles. The number of ether oxygens (including phenoxy) is 2. The zero-order valence-corrected chi connectivity index (χ0v) is 19.7. The average Bonchev–Trinajstić information content (AvgIpc) is 3.16. The summed E-state index contributed by atoms with van der Waals surface area (Å²) in [6.07, 6.45) is 12.9. The van der Waals surface area contributed by atoms with Gasteiger partial charge >= 0.3 is 0 Å². The van der Waals surface area contributed by atoms with Crippen molar-refractivity contribution in [2.24, 2.45) is 52.3 Å². The average molecular weight is 417 g/mol. The molecule has 6 fully saturated rings. The summed E-state index contributed by atoms with van der Waals surface area (Å²) in [5.74, 6) is 4.93. The Kier molecular flexibility index (Phi) is 4.58. The lowest BCUT2D eigenvalue weighted by Gasteiger charge is -2.61. The molecule has 12 atom stereocenters. The maximum Gasteiger partial charge on any atom is 0.171 e. The molecule has 2 saturated heterocycles. The predicted molar refractivity (Wildman–Crippen MR) is 118 cm³/mol. The molecule has 1 N–H and O–H groups in total. The standard InChI is InChI=1S/C27H44O3/c1-16-7-12-27(29-15-16)17(2)24-23(30-27)14-22-20-6-5-18-13-19(28)8-10-25(18,3)21(20)9-11-26(22,24)4/h16-24,28H,5-15H2,1-4H3/t16-,17-,18+,19-,20?,21?,22?,23-,24-,25-,26-,27+/m0/s1. The second kappa shape index (κ2) is 6.70. The lowest BCUT2D eigenvalue weighted by molar-refractivity contribution is -0.273. The molecule has 30 heavy (non-hydrogen) atoms. The van der Waals surface area contributed by atoms with Crippen LogP contribution >= 0.6 is 0 Å². The van der Waals surface area contributed by atoms with E-state index in [0.29, 0.717) is 34.7 Å². The fraction of sp³-hybridized carbons (Fsp3) is 1.00. The summed E-state index contributed by atoms with van der Waals surface area (Å²) in [6.45, 7) is 10.9. The lowest BCUT2D eigenvalue weighted by Crippen LogP contribution is -2.55. The largest absolute Gasteiger partial charge is 0.393 e. The number of aliphatic hydroxyl groups excluding tert-OH is 1. The highest BCUT2D eigenvalue weighted by Gasteiger charge is 2.69. The number of hydrogen-bond donors (Lipinski definition) is 1. The van der Waals surface area contributed by atoms with Crippen molar-refractivity contribution in [2.45, 2.75) is 110 Å². The van der Waals surface area contributed by atoms with Crippen molar-refractivity contribution >= 4 is 0 Å². The lowest BCUT2D eigenvalue weighted by atomic mass is 9.44. The van der Waals surface area contributed by atoms with E-state index in [4.69, 9.17) is 9.47 Å². The SMILES string of the molecule is C[C@H]1CC[C@@]2(OC1)O[C@H]1CC3C4CC[C@@H]5C[C@@H](O)CC[C@]5(C)C4CC[C@]3(C)[C@H]1[C@@H]2C. The molecule has 0 bridgehead atoms. The van der Waals surface area contributed by atoms with Gasteiger partial charge in [0, 0.05) is 12.3 Å². The fourth-order valence-corrected chi connectivity index (χ4v) is 10.3. The molecule has 3 nitrogen and oxygen atoms in total. The van der Waals surface area contributed by atoms with Gasteiger partial charge in [-0.1, -0.05) is 27.7 Å². The van der Waals surface area contributed by atoms with Crippen molar-refractivity contribution in [1.82, 2.24) is 0 Å². The van der Waals surface area contributed by atoms with Gasteiger partial charge in [0.25, 0.3) is 0 Å². The zero-order chi connectivity index (χ0) is 20.9. The first-order valence-electron chi connectivity index (χ1n) is 13.3. The number of aliphatic hydroxyl groups is 1. The van der Waals surface area contributed by atoms with E-state index in [9.17, 15) is 5.11 Å². The Bertz CT molecular complexity index is 684. The van der Waals surface area contributed by atoms with E-state index in [0.717, 1.165) is 49.5 Å². The molecule has 170 valence electrons. The maximum absolute atomic E-state index is 10.3. The van der Waals surface area contributed by atoms with Crippen LogP contribution in [-0.4, -0.2) is 29.7 Å². The van der Waals surface area contributed by atoms with Gasteiger partial charge in [-0.05, 0) is 104 Å². The zero-order valence-electron chi connectivity index (χ0n) is 19.7. The van der Waals surface area contributed by atoms with Crippen LogP contribution in [0.3, 0.4) is 0 Å². The topological polar surface area (TPSA) is 38.7 Å². The number of fused-ring (bicyclic) bond motifs is 7. The molecule has 4 aliphatic carbocycles. The summed E-state index contributed by atoms with van der Waals surface area (Å²) >= 11 is 0. The molecule has 3 unspecified atom stereocenters. The van der Waals surface area contributed by atoms with E-state index in [1.54, 1.807) is 0 Å². The Morgan fingerprint density at radius 1 is 0.833 bits per heavy atom. The molecule has 0 aromatic rings. The van der Waals surface area contributed by atoms with Gasteiger partial charge in [-0.2, -0.15) is 0 Å². The van der Waals surface area contributed by atoms with Crippen LogP contribution in [0.1, 0.15) is 91.9 Å². The molecular weight excluding hydrogens is 372 g/mol. The Hall–Kier alpha value is -0.120. The van der Waals surface area contributed by atoms with Crippen LogP contribution in [-0.2, 0) is 9.47 Å². The number of rotatable bonds is 0. The van der Waals surface area contributed by atoms with Crippen LogP contribution in [0, 0.1) is 52.3 Å². The molecule has 0 radical (unpaired) electrons. The van der Waals surface area contributed by atoms with Crippen molar-refractivity contribution in [3.63, 3.8) is 0 Å². The monoisotopic (exact) mass is 416 g/mol. The van der Waals surface area contributed by atoms with Crippen molar-refractivity contribution < 1.29 is 14.6 Å². The third kappa shape index (κ3) is 2.61. The van der Waals surface area contributed by atoms with Gasteiger partial charge in [0.1, 0.15) is 0 Å². The van der Waals surface area contributed by atoms with Crippen molar-refractivity contribution in [1.29, 1.82) is 0 Å². The van der Waals surface area contributed by atoms with E-state index in [1.165, 1.54) is 44.9 Å². The van der Waals surface area contributed by atoms with E-state index < -0.39 is 0 Å². The van der Waals surface area contributed by atoms with E-state index >= 15 is 0 Å². The minimum atomic E-state index is -0.282. The quantitative estimate of drug-likeness (QED) is 0.543. The maximum atomic E-state index is 10.3. The Morgan fingerprint density at radius 3 is 2.40 bits per heavy atom. The summed E-state index contributed by atoms with van der Waals surface area (Å²) in [7, 11) is 0. The molecule has 6 aliphatic rings. The molecule has 3 heteroatoms. The molecule has 4 saturated carbocycles. The Balaban J connectivity index is 1.26. The van der Waals surface area contributed by atoms with Crippen LogP contribution in [0.4, 0.5) is 0 Å². The first kappa shape index (κ1) is 20.5. The number of hydrogen-bond acceptors (Lipinski definition) is 3. The van der Waals surface area contributed by atoms with Crippen LogP contribution in [0.5, 0.6) is 0 Å². The van der Waals surface area contributed by atoms with Gasteiger partial charge in [-0.25, -0.2) is 0 Å². The highest BCUT2D eigenvalue weighted by atomic mass is 16.7. The van der Waals surface area contributed by atoms with E-state index in [-0.39, 0.29) is 11.9 Å². The van der Waals surface area contributed by atoms with Crippen LogP contribution in [0.25, 0.3) is 0 Å². The second-order valence-electron chi connectivity index (χ2n) is 13.1. The summed E-state index contributed by atoms with van der Waals surface area (Å²) in [5, 5.41) is 10.3. The van der Waals surface area contributed by atoms with Crippen LogP contribution < -0.4 is 0 Å². The third-order valence-corrected chi connectivity index (χ3v) is 11.9. The molecule has 0 amide bonds. The molecule has 2 heterocycles. The molecule has 2 aliphatic heterocycles. The highest BCUT2D eigenvalue weighted by molar-refractivity contribution is 5.15. The van der Waals surface area contributed by atoms with E-state index in [1.807, 2.05) is 0 Å². The van der Waals surface area contributed by atoms with E-state index in [2.05, 4.69) is 27.7 Å². The first-order valence-corrected chi connectivity index (χ1v) is 13.3. The smallest absolute Gasteiger partial charge is 0.171 e. The van der Waals surface area contributed by atoms with Gasteiger partial charge in [-0.3, -0.25) is 0 Å². The first-order chi connectivity index (χ1) is 14.3. The van der Waals surface area contributed by atoms with Crippen LogP contribution in [0.15, 0.2) is 0 Å². The van der Waals surface area contributed by atoms with Crippen molar-refractivity contribution in [3.05, 3.63) is 0 Å². The van der Waals surface area contributed by atoms with Crippen molar-refractivity contribution in [2.75, 3.05) is 6.61 Å². The van der Waals surface area contributed by atoms with Gasteiger partial charge < -0.3 is 14.6 Å². The highest BCUT2D eigenvalue weighted by Crippen LogP contribution is 2.71. The molecule has 6 rings (SSSR count). The fourth-order valence-electron chi connectivity index (χ4n) is 10.3. The normalized spacial score (nSPS) is 62.5. The van der Waals surface area contributed by atoms with Crippen LogP contribution in [0.2, 0.25) is 0 Å². The molecule has 1 spiro atoms. The Morgan fingerprint density at radius 2 is 1.63 bits per heavy atom. The summed E-state index contributed by atoms with van der Waals surface area (Å²) in [4.78, 5) is 0. The van der Waals surface area contributed by atoms with Gasteiger partial charge in [0.2, 0.25) is 0 Å². The predicted octanol–water partition coefficient (Wildman–Crippen LogP) is 5.79. The summed E-state index contributed by atoms with van der Waals surface area (Å²) < 4.78 is 13.4.